The van der Waals surface area contributed by atoms with Crippen LogP contribution >= 0.6 is 0 Å². The van der Waals surface area contributed by atoms with E-state index in [1.807, 2.05) is 0 Å². The molecule has 25 heavy (non-hydrogen) atoms. The van der Waals surface area contributed by atoms with Gasteiger partial charge in [-0.25, -0.2) is 0 Å². The van der Waals surface area contributed by atoms with Crippen LogP contribution in [0.3, 0.4) is 0 Å². The van der Waals surface area contributed by atoms with Crippen molar-refractivity contribution in [1.29, 1.82) is 0 Å². The van der Waals surface area contributed by atoms with Crippen LogP contribution in [-0.4, -0.2) is 22.2 Å². The summed E-state index contributed by atoms with van der Waals surface area (Å²) in [6.45, 7) is 13.3. The maximum Gasteiger partial charge on any atom is 0.303 e. The Hall–Kier alpha value is 0.291. The Bertz CT molecular complexity index is 307. The van der Waals surface area contributed by atoms with Gasteiger partial charge in [0.2, 0.25) is 0 Å². The molecule has 0 aliphatic heterocycles. The zero-order valence-corrected chi connectivity index (χ0v) is 20.5. The zero-order chi connectivity index (χ0) is 19.2. The van der Waals surface area contributed by atoms with Gasteiger partial charge in [0.05, 0.1) is 0 Å². The van der Waals surface area contributed by atoms with Gasteiger partial charge in [-0.3, -0.25) is 9.59 Å². The average molecular weight is 489 g/mol. The van der Waals surface area contributed by atoms with Crippen LogP contribution in [0, 0.1) is 51.7 Å². The molecule has 0 aliphatic carbocycles. The molecule has 148 valence electrons. The molecule has 4 nitrogen and oxygen atoms in total. The summed E-state index contributed by atoms with van der Waals surface area (Å²) in [5.74, 6) is -1.35. The standard InChI is InChI=1S/2C10H20O2.Nd/c2*1-10(2,3)8-6-4-5-7-9(11)12;/h2*4-8H2,1-3H3,(H,11,12);. The van der Waals surface area contributed by atoms with Crippen molar-refractivity contribution < 1.29 is 60.6 Å². The third-order valence-electron chi connectivity index (χ3n) is 3.63. The van der Waals surface area contributed by atoms with Crippen LogP contribution in [0.1, 0.15) is 106 Å². The van der Waals surface area contributed by atoms with Crippen molar-refractivity contribution in [3.8, 4) is 0 Å². The molecule has 0 aromatic rings. The minimum Gasteiger partial charge on any atom is -0.481 e. The summed E-state index contributed by atoms with van der Waals surface area (Å²) in [4.78, 5) is 20.3. The predicted molar refractivity (Wildman–Crippen MR) is 100 cm³/mol. The van der Waals surface area contributed by atoms with Gasteiger partial charge in [0.25, 0.3) is 0 Å². The summed E-state index contributed by atoms with van der Waals surface area (Å²) >= 11 is 0. The largest absolute Gasteiger partial charge is 0.481 e. The summed E-state index contributed by atoms with van der Waals surface area (Å²) in [6, 6.07) is 0. The van der Waals surface area contributed by atoms with Crippen molar-refractivity contribution in [2.45, 2.75) is 106 Å². The van der Waals surface area contributed by atoms with E-state index in [1.54, 1.807) is 0 Å². The molecule has 0 amide bonds. The number of hydrogen-bond acceptors (Lipinski definition) is 2. The van der Waals surface area contributed by atoms with Crippen LogP contribution in [-0.2, 0) is 9.59 Å². The van der Waals surface area contributed by atoms with Crippen molar-refractivity contribution in [3.63, 3.8) is 0 Å². The van der Waals surface area contributed by atoms with E-state index in [1.165, 1.54) is 12.8 Å². The molecule has 0 unspecified atom stereocenters. The number of carboxylic acids is 2. The van der Waals surface area contributed by atoms with E-state index in [9.17, 15) is 9.59 Å². The normalized spacial score (nSPS) is 11.1. The summed E-state index contributed by atoms with van der Waals surface area (Å²) in [6.07, 6.45) is 9.06. The van der Waals surface area contributed by atoms with E-state index >= 15 is 0 Å². The van der Waals surface area contributed by atoms with Gasteiger partial charge in [-0.05, 0) is 36.5 Å². The Kier molecular flexibility index (Phi) is 19.8. The Morgan fingerprint density at radius 2 is 0.880 bits per heavy atom. The van der Waals surface area contributed by atoms with Crippen LogP contribution in [0.5, 0.6) is 0 Å². The number of rotatable bonds is 10. The molecular weight excluding hydrogens is 448 g/mol. The molecule has 0 radical (unpaired) electrons. The first-order valence-electron chi connectivity index (χ1n) is 9.27. The first-order chi connectivity index (χ1) is 10.8. The molecule has 0 saturated carbocycles. The molecule has 2 N–H and O–H groups in total. The van der Waals surface area contributed by atoms with Crippen LogP contribution in [0.25, 0.3) is 0 Å². The fourth-order valence-electron chi connectivity index (χ4n) is 2.22. The van der Waals surface area contributed by atoms with Gasteiger partial charge in [0.1, 0.15) is 0 Å². The maximum absolute atomic E-state index is 10.2. The Morgan fingerprint density at radius 1 is 0.600 bits per heavy atom. The summed E-state index contributed by atoms with van der Waals surface area (Å²) in [5.41, 5.74) is 0.784. The van der Waals surface area contributed by atoms with Crippen LogP contribution in [0.2, 0.25) is 0 Å². The van der Waals surface area contributed by atoms with Gasteiger partial charge in [0, 0.05) is 53.7 Å². The van der Waals surface area contributed by atoms with Gasteiger partial charge < -0.3 is 10.2 Å². The molecule has 0 bridgehead atoms. The number of aliphatic carboxylic acids is 2. The SMILES string of the molecule is CC(C)(C)CCCCCC(=O)O.CC(C)(C)CCCCCC(=O)O.[Nd]. The molecule has 0 aliphatic rings. The summed E-state index contributed by atoms with van der Waals surface area (Å²) < 4.78 is 0. The fourth-order valence-corrected chi connectivity index (χ4v) is 2.22. The molecule has 0 heterocycles. The number of carbonyl (C=O) groups is 2. The van der Waals surface area contributed by atoms with Gasteiger partial charge in [-0.2, -0.15) is 0 Å². The molecule has 0 rings (SSSR count). The van der Waals surface area contributed by atoms with E-state index in [4.69, 9.17) is 10.2 Å². The second kappa shape index (κ2) is 16.5. The second-order valence-corrected chi connectivity index (χ2v) is 9.03. The van der Waals surface area contributed by atoms with Crippen molar-refractivity contribution in [3.05, 3.63) is 0 Å². The fraction of sp³-hybridized carbons (Fsp3) is 0.900. The Labute approximate surface area is 188 Å². The van der Waals surface area contributed by atoms with Crippen molar-refractivity contribution >= 4 is 11.9 Å². The maximum atomic E-state index is 10.2. The van der Waals surface area contributed by atoms with Crippen LogP contribution in [0.4, 0.5) is 0 Å². The van der Waals surface area contributed by atoms with Gasteiger partial charge in [0.15, 0.2) is 0 Å². The smallest absolute Gasteiger partial charge is 0.303 e. The number of unbranched alkanes of at least 4 members (excludes halogenated alkanes) is 4. The molecule has 0 aromatic heterocycles. The van der Waals surface area contributed by atoms with E-state index < -0.39 is 11.9 Å². The zero-order valence-electron chi connectivity index (χ0n) is 17.3. The molecule has 0 spiro atoms. The molecule has 0 fully saturated rings. The van der Waals surface area contributed by atoms with E-state index in [2.05, 4.69) is 41.5 Å². The Morgan fingerprint density at radius 3 is 1.08 bits per heavy atom. The average Bonchev–Trinajstić information content (AvgIpc) is 2.35. The topological polar surface area (TPSA) is 74.6 Å². The number of hydrogen-bond donors (Lipinski definition) is 2. The van der Waals surface area contributed by atoms with Gasteiger partial charge in [-0.15, -0.1) is 0 Å². The van der Waals surface area contributed by atoms with Crippen molar-refractivity contribution in [1.82, 2.24) is 0 Å². The quantitative estimate of drug-likeness (QED) is 0.362. The third-order valence-corrected chi connectivity index (χ3v) is 3.63. The van der Waals surface area contributed by atoms with Crippen LogP contribution < -0.4 is 0 Å². The molecule has 0 aromatic carbocycles. The molecule has 0 atom stereocenters. The van der Waals surface area contributed by atoms with E-state index in [0.717, 1.165) is 38.5 Å². The second-order valence-electron chi connectivity index (χ2n) is 9.03. The Balaban J connectivity index is -0.000000372. The van der Waals surface area contributed by atoms with E-state index in [-0.39, 0.29) is 40.8 Å². The first kappa shape index (κ1) is 30.0. The first-order valence-corrected chi connectivity index (χ1v) is 9.27. The third kappa shape index (κ3) is 36.1. The molecular formula is C20H40NdO4. The monoisotopic (exact) mass is 486 g/mol. The van der Waals surface area contributed by atoms with E-state index in [0.29, 0.717) is 23.7 Å². The minimum atomic E-state index is -0.675. The number of carboxylic acid groups (broad SMARTS) is 2. The van der Waals surface area contributed by atoms with Crippen molar-refractivity contribution in [2.75, 3.05) is 0 Å². The summed E-state index contributed by atoms with van der Waals surface area (Å²) in [5, 5.41) is 16.7. The minimum absolute atomic E-state index is 0. The van der Waals surface area contributed by atoms with Crippen LogP contribution in [0.15, 0.2) is 0 Å². The molecule has 0 saturated heterocycles. The van der Waals surface area contributed by atoms with Crippen molar-refractivity contribution in [2.24, 2.45) is 10.8 Å². The molecule has 5 heteroatoms. The summed E-state index contributed by atoms with van der Waals surface area (Å²) in [7, 11) is 0. The van der Waals surface area contributed by atoms with Gasteiger partial charge >= 0.3 is 11.9 Å². The van der Waals surface area contributed by atoms with Gasteiger partial charge in [-0.1, -0.05) is 67.2 Å². The predicted octanol–water partition coefficient (Wildman–Crippen LogP) is 6.14.